The highest BCUT2D eigenvalue weighted by Crippen LogP contribution is 2.45. The van der Waals surface area contributed by atoms with Crippen LogP contribution in [0.15, 0.2) is 54.6 Å². The first-order valence-electron chi connectivity index (χ1n) is 9.46. The summed E-state index contributed by atoms with van der Waals surface area (Å²) in [4.78, 5) is 2.31. The van der Waals surface area contributed by atoms with Crippen molar-refractivity contribution in [2.75, 3.05) is 19.6 Å². The molecule has 0 spiro atoms. The lowest BCUT2D eigenvalue weighted by molar-refractivity contribution is 0.0328. The van der Waals surface area contributed by atoms with Crippen LogP contribution in [0.3, 0.4) is 0 Å². The van der Waals surface area contributed by atoms with Crippen molar-refractivity contribution < 1.29 is 15.3 Å². The van der Waals surface area contributed by atoms with Crippen molar-refractivity contribution in [3.05, 3.63) is 65.7 Å². The van der Waals surface area contributed by atoms with Crippen LogP contribution >= 0.6 is 0 Å². The zero-order valence-corrected chi connectivity index (χ0v) is 15.0. The third kappa shape index (κ3) is 3.78. The number of fused-ring (bicyclic) bond motifs is 1. The first kappa shape index (κ1) is 17.5. The zero-order chi connectivity index (χ0) is 18.1. The van der Waals surface area contributed by atoms with Crippen LogP contribution in [0.2, 0.25) is 0 Å². The van der Waals surface area contributed by atoms with Gasteiger partial charge in [0.15, 0.2) is 0 Å². The number of phenols is 1. The van der Waals surface area contributed by atoms with Gasteiger partial charge < -0.3 is 15.3 Å². The van der Waals surface area contributed by atoms with Gasteiger partial charge in [-0.3, -0.25) is 4.90 Å². The number of rotatable bonds is 5. The van der Waals surface area contributed by atoms with Gasteiger partial charge in [0.1, 0.15) is 5.75 Å². The van der Waals surface area contributed by atoms with Gasteiger partial charge in [0.2, 0.25) is 0 Å². The van der Waals surface area contributed by atoms with Crippen LogP contribution in [-0.4, -0.2) is 45.5 Å². The third-order valence-electron chi connectivity index (χ3n) is 6.02. The van der Waals surface area contributed by atoms with E-state index in [0.717, 1.165) is 37.9 Å². The van der Waals surface area contributed by atoms with Gasteiger partial charge >= 0.3 is 0 Å². The molecule has 1 heterocycles. The van der Waals surface area contributed by atoms with Gasteiger partial charge in [0, 0.05) is 26.1 Å². The van der Waals surface area contributed by atoms with Gasteiger partial charge in [-0.15, -0.1) is 0 Å². The summed E-state index contributed by atoms with van der Waals surface area (Å²) in [5, 5.41) is 30.9. The van der Waals surface area contributed by atoms with Crippen molar-refractivity contribution in [1.29, 1.82) is 0 Å². The second kappa shape index (κ2) is 7.03. The van der Waals surface area contributed by atoms with Crippen LogP contribution in [0.25, 0.3) is 0 Å². The number of aliphatic hydroxyl groups is 2. The summed E-state index contributed by atoms with van der Waals surface area (Å²) in [7, 11) is 0. The van der Waals surface area contributed by atoms with E-state index < -0.39 is 11.7 Å². The van der Waals surface area contributed by atoms with Gasteiger partial charge in [-0.1, -0.05) is 42.5 Å². The van der Waals surface area contributed by atoms with Crippen LogP contribution < -0.4 is 0 Å². The van der Waals surface area contributed by atoms with E-state index in [1.165, 1.54) is 5.56 Å². The normalized spacial score (nSPS) is 29.6. The van der Waals surface area contributed by atoms with E-state index in [1.54, 1.807) is 24.3 Å². The Balaban J connectivity index is 1.32. The Labute approximate surface area is 154 Å². The van der Waals surface area contributed by atoms with E-state index in [4.69, 9.17) is 0 Å². The molecule has 4 atom stereocenters. The molecule has 4 heteroatoms. The van der Waals surface area contributed by atoms with Crippen LogP contribution in [0, 0.1) is 11.8 Å². The molecule has 2 aliphatic rings. The molecule has 3 N–H and O–H groups in total. The van der Waals surface area contributed by atoms with Gasteiger partial charge in [0.05, 0.1) is 11.7 Å². The van der Waals surface area contributed by atoms with Crippen molar-refractivity contribution in [1.82, 2.24) is 4.90 Å². The molecular formula is C22H27NO3. The highest BCUT2D eigenvalue weighted by Gasteiger charge is 2.48. The Morgan fingerprint density at radius 1 is 0.962 bits per heavy atom. The maximum Gasteiger partial charge on any atom is 0.115 e. The van der Waals surface area contributed by atoms with Crippen LogP contribution in [-0.2, 0) is 6.42 Å². The largest absolute Gasteiger partial charge is 0.508 e. The third-order valence-corrected chi connectivity index (χ3v) is 6.02. The molecule has 26 heavy (non-hydrogen) atoms. The van der Waals surface area contributed by atoms with E-state index in [9.17, 15) is 15.3 Å². The molecule has 4 rings (SSSR count). The van der Waals surface area contributed by atoms with Gasteiger partial charge in [-0.2, -0.15) is 0 Å². The summed E-state index contributed by atoms with van der Waals surface area (Å²) in [6.45, 7) is 2.49. The lowest BCUT2D eigenvalue weighted by Crippen LogP contribution is -2.33. The summed E-state index contributed by atoms with van der Waals surface area (Å²) in [5.74, 6) is 1.24. The molecule has 1 aliphatic heterocycles. The van der Waals surface area contributed by atoms with Crippen molar-refractivity contribution in [3.8, 4) is 5.75 Å². The molecule has 0 bridgehead atoms. The van der Waals surface area contributed by atoms with Crippen LogP contribution in [0.5, 0.6) is 5.75 Å². The molecule has 138 valence electrons. The topological polar surface area (TPSA) is 63.9 Å². The van der Waals surface area contributed by atoms with E-state index in [-0.39, 0.29) is 5.75 Å². The summed E-state index contributed by atoms with van der Waals surface area (Å²) >= 11 is 0. The van der Waals surface area contributed by atoms with Crippen molar-refractivity contribution >= 4 is 0 Å². The SMILES string of the molecule is Oc1ccc([C@@H](O)CN2C[C@@H]3C[C@](O)(Cc4ccccc4)C[C@@H]3C2)cc1. The van der Waals surface area contributed by atoms with Gasteiger partial charge in [0.25, 0.3) is 0 Å². The first-order valence-corrected chi connectivity index (χ1v) is 9.46. The summed E-state index contributed by atoms with van der Waals surface area (Å²) < 4.78 is 0. The zero-order valence-electron chi connectivity index (χ0n) is 15.0. The number of β-amino-alcohol motifs (C(OH)–C–C–N with tert-alkyl or cyclic N) is 1. The molecule has 1 saturated carbocycles. The fourth-order valence-electron chi connectivity index (χ4n) is 4.87. The maximum atomic E-state index is 11.0. The number of aliphatic hydroxyl groups excluding tert-OH is 1. The van der Waals surface area contributed by atoms with Crippen LogP contribution in [0.1, 0.15) is 30.1 Å². The lowest BCUT2D eigenvalue weighted by Gasteiger charge is -2.27. The van der Waals surface area contributed by atoms with E-state index >= 15 is 0 Å². The summed E-state index contributed by atoms with van der Waals surface area (Å²) in [6.07, 6.45) is 1.88. The minimum absolute atomic E-state index is 0.217. The standard InChI is InChI=1S/C22H27NO3/c24-20-8-6-17(7-9-20)21(25)15-23-13-18-11-22(26,12-19(18)14-23)10-16-4-2-1-3-5-16/h1-9,18-19,21,24-26H,10-15H2/t18-,19+,21-,22+/m0/s1. The fourth-order valence-corrected chi connectivity index (χ4v) is 4.87. The summed E-state index contributed by atoms with van der Waals surface area (Å²) in [5.41, 5.74) is 1.45. The lowest BCUT2D eigenvalue weighted by atomic mass is 9.91. The molecule has 0 aromatic heterocycles. The van der Waals surface area contributed by atoms with Crippen molar-refractivity contribution in [2.24, 2.45) is 11.8 Å². The number of likely N-dealkylation sites (tertiary alicyclic amines) is 1. The Kier molecular flexibility index (Phi) is 4.74. The Bertz CT molecular complexity index is 717. The predicted molar refractivity (Wildman–Crippen MR) is 101 cm³/mol. The Morgan fingerprint density at radius 2 is 1.58 bits per heavy atom. The quantitative estimate of drug-likeness (QED) is 0.773. The summed E-state index contributed by atoms with van der Waals surface area (Å²) in [6, 6.07) is 17.0. The first-order chi connectivity index (χ1) is 12.5. The Hall–Kier alpha value is -1.88. The number of hydrogen-bond donors (Lipinski definition) is 3. The second-order valence-electron chi connectivity index (χ2n) is 8.14. The van der Waals surface area contributed by atoms with Gasteiger partial charge in [-0.05, 0) is 47.9 Å². The highest BCUT2D eigenvalue weighted by molar-refractivity contribution is 5.27. The van der Waals surface area contributed by atoms with Gasteiger partial charge in [-0.25, -0.2) is 0 Å². The number of phenolic OH excluding ortho intramolecular Hbond substituents is 1. The fraction of sp³-hybridized carbons (Fsp3) is 0.455. The van der Waals surface area contributed by atoms with Crippen molar-refractivity contribution in [2.45, 2.75) is 31.0 Å². The average molecular weight is 353 g/mol. The van der Waals surface area contributed by atoms with E-state index in [1.807, 2.05) is 18.2 Å². The number of aromatic hydroxyl groups is 1. The second-order valence-corrected chi connectivity index (χ2v) is 8.14. The molecule has 1 saturated heterocycles. The average Bonchev–Trinajstić information content (AvgIpc) is 3.10. The predicted octanol–water partition coefficient (Wildman–Crippen LogP) is 2.74. The Morgan fingerprint density at radius 3 is 2.19 bits per heavy atom. The maximum absolute atomic E-state index is 11.0. The number of benzene rings is 2. The molecular weight excluding hydrogens is 326 g/mol. The van der Waals surface area contributed by atoms with Crippen molar-refractivity contribution in [3.63, 3.8) is 0 Å². The molecule has 0 amide bonds. The smallest absolute Gasteiger partial charge is 0.115 e. The van der Waals surface area contributed by atoms with Crippen LogP contribution in [0.4, 0.5) is 0 Å². The van der Waals surface area contributed by atoms with E-state index in [0.29, 0.717) is 18.4 Å². The highest BCUT2D eigenvalue weighted by atomic mass is 16.3. The minimum Gasteiger partial charge on any atom is -0.508 e. The molecule has 0 unspecified atom stereocenters. The molecule has 1 aliphatic carbocycles. The molecule has 2 aromatic rings. The molecule has 0 radical (unpaired) electrons. The molecule has 2 aromatic carbocycles. The monoisotopic (exact) mass is 353 g/mol. The number of nitrogens with zero attached hydrogens (tertiary/aromatic N) is 1. The molecule has 4 nitrogen and oxygen atoms in total. The minimum atomic E-state index is -0.585. The van der Waals surface area contributed by atoms with E-state index in [2.05, 4.69) is 17.0 Å². The number of hydrogen-bond acceptors (Lipinski definition) is 4. The molecule has 2 fully saturated rings.